The molecular formula is C18H15N3O4. The van der Waals surface area contributed by atoms with E-state index in [9.17, 15) is 20.0 Å². The van der Waals surface area contributed by atoms with Crippen LogP contribution in [-0.4, -0.2) is 29.8 Å². The number of hydrogen-bond donors (Lipinski definition) is 2. The number of nitrogens with zero attached hydrogens (tertiary/aromatic N) is 2. The predicted molar refractivity (Wildman–Crippen MR) is 89.8 cm³/mol. The van der Waals surface area contributed by atoms with Crippen LogP contribution in [0.2, 0.25) is 0 Å². The maximum absolute atomic E-state index is 12.1. The Bertz CT molecular complexity index is 841. The Morgan fingerprint density at radius 2 is 1.80 bits per heavy atom. The minimum Gasteiger partial charge on any atom is -0.507 e. The van der Waals surface area contributed by atoms with Crippen molar-refractivity contribution >= 4 is 17.6 Å². The topological polar surface area (TPSA) is 112 Å². The Morgan fingerprint density at radius 3 is 2.40 bits per heavy atom. The SMILES string of the molecule is COC(=O)/C(=N/NC(=O)c1ccccc1O)[C@H](C#N)c1ccccc1. The maximum Gasteiger partial charge on any atom is 0.355 e. The number of nitriles is 1. The van der Waals surface area contributed by atoms with E-state index in [2.05, 4.69) is 15.3 Å². The van der Waals surface area contributed by atoms with Gasteiger partial charge in [0, 0.05) is 0 Å². The van der Waals surface area contributed by atoms with Crippen molar-refractivity contribution in [2.75, 3.05) is 7.11 Å². The van der Waals surface area contributed by atoms with Crippen LogP contribution in [0.1, 0.15) is 21.8 Å². The van der Waals surface area contributed by atoms with Crippen molar-refractivity contribution < 1.29 is 19.4 Å². The minimum absolute atomic E-state index is 0.0105. The van der Waals surface area contributed by atoms with Crippen LogP contribution in [-0.2, 0) is 9.53 Å². The van der Waals surface area contributed by atoms with Gasteiger partial charge in [-0.05, 0) is 17.7 Å². The molecule has 0 aliphatic heterocycles. The van der Waals surface area contributed by atoms with E-state index >= 15 is 0 Å². The molecule has 0 spiro atoms. The Labute approximate surface area is 144 Å². The van der Waals surface area contributed by atoms with Crippen LogP contribution < -0.4 is 5.43 Å². The number of benzene rings is 2. The molecule has 126 valence electrons. The van der Waals surface area contributed by atoms with Crippen molar-refractivity contribution in [3.63, 3.8) is 0 Å². The summed E-state index contributed by atoms with van der Waals surface area (Å²) in [5.74, 6) is -2.80. The van der Waals surface area contributed by atoms with E-state index in [-0.39, 0.29) is 17.0 Å². The Hall–Kier alpha value is -3.66. The lowest BCUT2D eigenvalue weighted by Gasteiger charge is -2.11. The first-order valence-corrected chi connectivity index (χ1v) is 7.27. The van der Waals surface area contributed by atoms with E-state index < -0.39 is 17.8 Å². The van der Waals surface area contributed by atoms with Crippen LogP contribution >= 0.6 is 0 Å². The van der Waals surface area contributed by atoms with Crippen LogP contribution in [0.25, 0.3) is 0 Å². The number of para-hydroxylation sites is 1. The number of aromatic hydroxyl groups is 1. The molecule has 2 rings (SSSR count). The largest absolute Gasteiger partial charge is 0.507 e. The molecule has 2 aromatic carbocycles. The molecule has 0 radical (unpaired) electrons. The van der Waals surface area contributed by atoms with Crippen molar-refractivity contribution in [3.8, 4) is 11.8 Å². The zero-order valence-corrected chi connectivity index (χ0v) is 13.3. The van der Waals surface area contributed by atoms with Gasteiger partial charge in [-0.3, -0.25) is 4.79 Å². The summed E-state index contributed by atoms with van der Waals surface area (Å²) in [4.78, 5) is 24.1. The Morgan fingerprint density at radius 1 is 1.16 bits per heavy atom. The van der Waals surface area contributed by atoms with Gasteiger partial charge in [0.2, 0.25) is 0 Å². The first-order valence-electron chi connectivity index (χ1n) is 7.27. The minimum atomic E-state index is -1.02. The molecule has 1 amide bonds. The number of hydrazone groups is 1. The summed E-state index contributed by atoms with van der Waals surface area (Å²) >= 11 is 0. The predicted octanol–water partition coefficient (Wildman–Crippen LogP) is 1.96. The van der Waals surface area contributed by atoms with E-state index in [1.54, 1.807) is 42.5 Å². The smallest absolute Gasteiger partial charge is 0.355 e. The van der Waals surface area contributed by atoms with E-state index in [1.807, 2.05) is 6.07 Å². The lowest BCUT2D eigenvalue weighted by molar-refractivity contribution is -0.132. The van der Waals surface area contributed by atoms with E-state index in [4.69, 9.17) is 0 Å². The fraction of sp³-hybridized carbons (Fsp3) is 0.111. The summed E-state index contributed by atoms with van der Waals surface area (Å²) in [6.45, 7) is 0. The lowest BCUT2D eigenvalue weighted by Crippen LogP contribution is -2.28. The highest BCUT2D eigenvalue weighted by molar-refractivity contribution is 6.39. The number of carbonyl (C=O) groups excluding carboxylic acids is 2. The number of amides is 1. The second-order valence-electron chi connectivity index (χ2n) is 4.92. The third-order valence-corrected chi connectivity index (χ3v) is 3.36. The maximum atomic E-state index is 12.1. The first-order chi connectivity index (χ1) is 12.1. The molecule has 7 nitrogen and oxygen atoms in total. The molecule has 7 heteroatoms. The second kappa shape index (κ2) is 8.26. The highest BCUT2D eigenvalue weighted by Crippen LogP contribution is 2.18. The van der Waals surface area contributed by atoms with Crippen molar-refractivity contribution in [3.05, 3.63) is 65.7 Å². The van der Waals surface area contributed by atoms with Gasteiger partial charge < -0.3 is 9.84 Å². The van der Waals surface area contributed by atoms with Crippen LogP contribution in [0.5, 0.6) is 5.75 Å². The summed E-state index contributed by atoms with van der Waals surface area (Å²) in [5, 5.41) is 22.9. The van der Waals surface area contributed by atoms with Crippen molar-refractivity contribution in [1.82, 2.24) is 5.43 Å². The zero-order valence-electron chi connectivity index (χ0n) is 13.3. The lowest BCUT2D eigenvalue weighted by atomic mass is 9.95. The van der Waals surface area contributed by atoms with E-state index in [1.165, 1.54) is 12.1 Å². The molecule has 2 N–H and O–H groups in total. The average Bonchev–Trinajstić information content (AvgIpc) is 2.65. The number of rotatable bonds is 5. The molecule has 0 unspecified atom stereocenters. The number of ether oxygens (including phenoxy) is 1. The number of hydrogen-bond acceptors (Lipinski definition) is 6. The van der Waals surface area contributed by atoms with Crippen molar-refractivity contribution in [2.45, 2.75) is 5.92 Å². The van der Waals surface area contributed by atoms with Gasteiger partial charge in [0.25, 0.3) is 5.91 Å². The third kappa shape index (κ3) is 4.20. The number of methoxy groups -OCH3 is 1. The molecule has 0 heterocycles. The molecule has 1 atom stereocenters. The normalized spacial score (nSPS) is 11.9. The van der Waals surface area contributed by atoms with Crippen molar-refractivity contribution in [2.24, 2.45) is 5.10 Å². The summed E-state index contributed by atoms with van der Waals surface area (Å²) in [7, 11) is 1.15. The quantitative estimate of drug-likeness (QED) is 0.492. The first kappa shape index (κ1) is 17.7. The van der Waals surface area contributed by atoms with Gasteiger partial charge in [0.15, 0.2) is 5.71 Å². The third-order valence-electron chi connectivity index (χ3n) is 3.36. The van der Waals surface area contributed by atoms with Gasteiger partial charge in [-0.25, -0.2) is 10.2 Å². The summed E-state index contributed by atoms with van der Waals surface area (Å²) in [5.41, 5.74) is 2.44. The number of esters is 1. The number of phenols is 1. The van der Waals surface area contributed by atoms with Gasteiger partial charge in [-0.15, -0.1) is 0 Å². The molecule has 25 heavy (non-hydrogen) atoms. The molecule has 2 aromatic rings. The van der Waals surface area contributed by atoms with Gasteiger partial charge >= 0.3 is 5.97 Å². The highest BCUT2D eigenvalue weighted by atomic mass is 16.5. The molecule has 0 aliphatic rings. The Kier molecular flexibility index (Phi) is 5.85. The average molecular weight is 337 g/mol. The fourth-order valence-corrected chi connectivity index (χ4v) is 2.11. The molecule has 0 saturated heterocycles. The zero-order chi connectivity index (χ0) is 18.2. The molecule has 0 aromatic heterocycles. The Balaban J connectivity index is 2.33. The standard InChI is InChI=1S/C18H15N3O4/c1-25-18(24)16(14(11-19)12-7-3-2-4-8-12)20-21-17(23)13-9-5-6-10-15(13)22/h2-10,14,22H,1H3,(H,21,23)/b20-16+/t14-/m1/s1. The molecular weight excluding hydrogens is 322 g/mol. The van der Waals surface area contributed by atoms with Gasteiger partial charge in [-0.2, -0.15) is 10.4 Å². The molecule has 0 aliphatic carbocycles. The van der Waals surface area contributed by atoms with Gasteiger partial charge in [-0.1, -0.05) is 42.5 Å². The second-order valence-corrected chi connectivity index (χ2v) is 4.92. The number of nitrogens with one attached hydrogen (secondary N) is 1. The fourth-order valence-electron chi connectivity index (χ4n) is 2.11. The van der Waals surface area contributed by atoms with Gasteiger partial charge in [0.05, 0.1) is 18.7 Å². The van der Waals surface area contributed by atoms with Gasteiger partial charge in [0.1, 0.15) is 11.7 Å². The number of carbonyl (C=O) groups is 2. The highest BCUT2D eigenvalue weighted by Gasteiger charge is 2.26. The monoisotopic (exact) mass is 337 g/mol. The summed E-state index contributed by atoms with van der Waals surface area (Å²) in [6.07, 6.45) is 0. The van der Waals surface area contributed by atoms with Crippen LogP contribution in [0, 0.1) is 11.3 Å². The van der Waals surface area contributed by atoms with Crippen LogP contribution in [0.4, 0.5) is 0 Å². The molecule has 0 saturated carbocycles. The van der Waals surface area contributed by atoms with Crippen molar-refractivity contribution in [1.29, 1.82) is 5.26 Å². The molecule has 0 fully saturated rings. The van der Waals surface area contributed by atoms with Crippen LogP contribution in [0.3, 0.4) is 0 Å². The van der Waals surface area contributed by atoms with E-state index in [0.29, 0.717) is 5.56 Å². The molecule has 0 bridgehead atoms. The van der Waals surface area contributed by atoms with Crippen LogP contribution in [0.15, 0.2) is 59.7 Å². The van der Waals surface area contributed by atoms with E-state index in [0.717, 1.165) is 7.11 Å². The number of phenolic OH excluding ortho intramolecular Hbond substituents is 1. The summed E-state index contributed by atoms with van der Waals surface area (Å²) in [6, 6.07) is 16.4. The summed E-state index contributed by atoms with van der Waals surface area (Å²) < 4.78 is 4.66.